The van der Waals surface area contributed by atoms with Gasteiger partial charge in [-0.05, 0) is 38.0 Å². The smallest absolute Gasteiger partial charge is 0.0600 e. The largest absolute Gasteiger partial charge is 0.378 e. The van der Waals surface area contributed by atoms with Gasteiger partial charge in [0.25, 0.3) is 0 Å². The van der Waals surface area contributed by atoms with Gasteiger partial charge in [-0.15, -0.1) is 11.6 Å². The van der Waals surface area contributed by atoms with Crippen LogP contribution in [0.5, 0.6) is 0 Å². The van der Waals surface area contributed by atoms with Crippen LogP contribution >= 0.6 is 11.6 Å². The molecule has 0 spiro atoms. The van der Waals surface area contributed by atoms with Crippen molar-refractivity contribution in [2.45, 2.75) is 58.0 Å². The normalized spacial score (nSPS) is 27.9. The molecule has 2 unspecified atom stereocenters. The summed E-state index contributed by atoms with van der Waals surface area (Å²) in [6, 6.07) is 0. The maximum absolute atomic E-state index is 5.90. The lowest BCUT2D eigenvalue weighted by molar-refractivity contribution is -0.00643. The minimum Gasteiger partial charge on any atom is -0.378 e. The van der Waals surface area contributed by atoms with E-state index in [0.717, 1.165) is 24.8 Å². The number of rotatable bonds is 6. The van der Waals surface area contributed by atoms with Gasteiger partial charge >= 0.3 is 0 Å². The van der Waals surface area contributed by atoms with Crippen molar-refractivity contribution in [1.82, 2.24) is 0 Å². The zero-order valence-corrected chi connectivity index (χ0v) is 10.1. The van der Waals surface area contributed by atoms with Crippen molar-refractivity contribution in [1.29, 1.82) is 0 Å². The van der Waals surface area contributed by atoms with E-state index >= 15 is 0 Å². The maximum Gasteiger partial charge on any atom is 0.0600 e. The summed E-state index contributed by atoms with van der Waals surface area (Å²) in [5, 5.41) is 0. The Morgan fingerprint density at radius 2 is 1.93 bits per heavy atom. The number of hydrogen-bond acceptors (Lipinski definition) is 1. The Balaban J connectivity index is 1.99. The first kappa shape index (κ1) is 12.3. The summed E-state index contributed by atoms with van der Waals surface area (Å²) in [6.45, 7) is 3.26. The van der Waals surface area contributed by atoms with Crippen LogP contribution in [0.25, 0.3) is 0 Å². The number of alkyl halides is 1. The van der Waals surface area contributed by atoms with Gasteiger partial charge < -0.3 is 4.74 Å². The van der Waals surface area contributed by atoms with E-state index in [9.17, 15) is 0 Å². The molecule has 1 aliphatic rings. The van der Waals surface area contributed by atoms with Crippen LogP contribution in [-0.4, -0.2) is 18.6 Å². The lowest BCUT2D eigenvalue weighted by atomic mass is 9.88. The van der Waals surface area contributed by atoms with E-state index in [4.69, 9.17) is 16.3 Å². The van der Waals surface area contributed by atoms with Crippen molar-refractivity contribution in [2.24, 2.45) is 5.92 Å². The van der Waals surface area contributed by atoms with E-state index in [0.29, 0.717) is 6.10 Å². The highest BCUT2D eigenvalue weighted by Crippen LogP contribution is 2.26. The molecule has 84 valence electrons. The molecule has 0 aromatic carbocycles. The Bertz CT molecular complexity index is 138. The molecule has 1 nitrogen and oxygen atoms in total. The number of unbranched alkanes of at least 4 members (excludes halogenated alkanes) is 2. The molecule has 0 aromatic heterocycles. The lowest BCUT2D eigenvalue weighted by Gasteiger charge is -2.28. The predicted octanol–water partition coefficient (Wildman–Crippen LogP) is 3.99. The topological polar surface area (TPSA) is 9.23 Å². The molecule has 0 bridgehead atoms. The third-order valence-corrected chi connectivity index (χ3v) is 3.41. The molecule has 1 aliphatic carbocycles. The first-order valence-electron chi connectivity index (χ1n) is 6.02. The lowest BCUT2D eigenvalue weighted by Crippen LogP contribution is -2.25. The fraction of sp³-hybridized carbons (Fsp3) is 1.00. The van der Waals surface area contributed by atoms with Crippen LogP contribution in [0.1, 0.15) is 51.9 Å². The van der Waals surface area contributed by atoms with Gasteiger partial charge in [0.2, 0.25) is 0 Å². The fourth-order valence-electron chi connectivity index (χ4n) is 2.14. The fourth-order valence-corrected chi connectivity index (χ4v) is 2.33. The monoisotopic (exact) mass is 218 g/mol. The van der Waals surface area contributed by atoms with E-state index in [2.05, 4.69) is 6.92 Å². The Morgan fingerprint density at radius 1 is 1.14 bits per heavy atom. The molecule has 1 fully saturated rings. The molecule has 2 atom stereocenters. The van der Waals surface area contributed by atoms with Gasteiger partial charge in [0.1, 0.15) is 0 Å². The summed E-state index contributed by atoms with van der Waals surface area (Å²) in [4.78, 5) is 0. The van der Waals surface area contributed by atoms with Crippen LogP contribution in [0.4, 0.5) is 0 Å². The van der Waals surface area contributed by atoms with E-state index in [1.54, 1.807) is 0 Å². The van der Waals surface area contributed by atoms with E-state index < -0.39 is 0 Å². The number of ether oxygens (including phenoxy) is 1. The average molecular weight is 219 g/mol. The summed E-state index contributed by atoms with van der Waals surface area (Å²) in [6.07, 6.45) is 9.44. The predicted molar refractivity (Wildman–Crippen MR) is 61.9 cm³/mol. The van der Waals surface area contributed by atoms with Gasteiger partial charge in [-0.25, -0.2) is 0 Å². The molecule has 0 radical (unpaired) electrons. The highest BCUT2D eigenvalue weighted by Gasteiger charge is 2.21. The van der Waals surface area contributed by atoms with E-state index in [1.165, 1.54) is 38.5 Å². The molecule has 2 heteroatoms. The second-order valence-electron chi connectivity index (χ2n) is 4.42. The molecular formula is C12H23ClO. The minimum atomic E-state index is 0.541. The minimum absolute atomic E-state index is 0.541. The zero-order chi connectivity index (χ0) is 10.2. The molecule has 0 amide bonds. The quantitative estimate of drug-likeness (QED) is 0.484. The molecule has 0 heterocycles. The Morgan fingerprint density at radius 3 is 2.64 bits per heavy atom. The van der Waals surface area contributed by atoms with Crippen LogP contribution in [0, 0.1) is 5.92 Å². The Hall–Kier alpha value is 0.250. The molecule has 14 heavy (non-hydrogen) atoms. The summed E-state index contributed by atoms with van der Waals surface area (Å²) in [7, 11) is 0. The standard InChI is InChI=1S/C12H23ClO/c1-11-7-3-4-8-12(11)14-10-6-2-5-9-13/h11-12H,2-10H2,1H3. The van der Waals surface area contributed by atoms with Crippen molar-refractivity contribution < 1.29 is 4.74 Å². The second kappa shape index (κ2) is 7.53. The third kappa shape index (κ3) is 4.65. The van der Waals surface area contributed by atoms with Crippen molar-refractivity contribution >= 4 is 11.6 Å². The maximum atomic E-state index is 5.90. The van der Waals surface area contributed by atoms with Gasteiger partial charge in [0.15, 0.2) is 0 Å². The number of hydrogen-bond donors (Lipinski definition) is 0. The number of halogens is 1. The van der Waals surface area contributed by atoms with Crippen LogP contribution < -0.4 is 0 Å². The van der Waals surface area contributed by atoms with Crippen molar-refractivity contribution in [3.05, 3.63) is 0 Å². The van der Waals surface area contributed by atoms with Gasteiger partial charge in [-0.1, -0.05) is 19.8 Å². The van der Waals surface area contributed by atoms with E-state index in [1.807, 2.05) is 0 Å². The van der Waals surface area contributed by atoms with Crippen LogP contribution in [0.2, 0.25) is 0 Å². The first-order valence-corrected chi connectivity index (χ1v) is 6.55. The zero-order valence-electron chi connectivity index (χ0n) is 9.30. The van der Waals surface area contributed by atoms with Crippen LogP contribution in [-0.2, 0) is 4.74 Å². The molecule has 1 rings (SSSR count). The molecule has 0 aromatic rings. The van der Waals surface area contributed by atoms with Gasteiger partial charge in [0, 0.05) is 12.5 Å². The SMILES string of the molecule is CC1CCCCC1OCCCCCCl. The van der Waals surface area contributed by atoms with Crippen molar-refractivity contribution in [3.8, 4) is 0 Å². The van der Waals surface area contributed by atoms with Crippen molar-refractivity contribution in [3.63, 3.8) is 0 Å². The van der Waals surface area contributed by atoms with E-state index in [-0.39, 0.29) is 0 Å². The van der Waals surface area contributed by atoms with Gasteiger partial charge in [-0.2, -0.15) is 0 Å². The van der Waals surface area contributed by atoms with Gasteiger partial charge in [-0.3, -0.25) is 0 Å². The third-order valence-electron chi connectivity index (χ3n) is 3.14. The molecule has 0 aliphatic heterocycles. The highest BCUT2D eigenvalue weighted by atomic mass is 35.5. The van der Waals surface area contributed by atoms with Crippen LogP contribution in [0.15, 0.2) is 0 Å². The Labute approximate surface area is 93.2 Å². The molecule has 1 saturated carbocycles. The molecule has 0 N–H and O–H groups in total. The van der Waals surface area contributed by atoms with Gasteiger partial charge in [0.05, 0.1) is 6.10 Å². The first-order chi connectivity index (χ1) is 6.84. The average Bonchev–Trinajstić information content (AvgIpc) is 2.20. The summed E-state index contributed by atoms with van der Waals surface area (Å²) in [5.74, 6) is 1.57. The second-order valence-corrected chi connectivity index (χ2v) is 4.80. The summed E-state index contributed by atoms with van der Waals surface area (Å²) in [5.41, 5.74) is 0. The Kier molecular flexibility index (Phi) is 6.63. The summed E-state index contributed by atoms with van der Waals surface area (Å²) >= 11 is 5.61. The molecule has 0 saturated heterocycles. The highest BCUT2D eigenvalue weighted by molar-refractivity contribution is 6.17. The summed E-state index contributed by atoms with van der Waals surface area (Å²) < 4.78 is 5.90. The van der Waals surface area contributed by atoms with Crippen LogP contribution in [0.3, 0.4) is 0 Å². The van der Waals surface area contributed by atoms with Crippen molar-refractivity contribution in [2.75, 3.05) is 12.5 Å². The molecular weight excluding hydrogens is 196 g/mol.